The van der Waals surface area contributed by atoms with Crippen molar-refractivity contribution in [2.24, 2.45) is 0 Å². The minimum absolute atomic E-state index is 0.0491. The van der Waals surface area contributed by atoms with E-state index in [1.54, 1.807) is 18.2 Å². The van der Waals surface area contributed by atoms with Crippen LogP contribution in [0.3, 0.4) is 0 Å². The molecule has 8 nitrogen and oxygen atoms in total. The average Bonchev–Trinajstić information content (AvgIpc) is 3.20. The molecule has 1 aliphatic carbocycles. The average molecular weight is 514 g/mol. The van der Waals surface area contributed by atoms with Gasteiger partial charge in [0.15, 0.2) is 23.1 Å². The van der Waals surface area contributed by atoms with Gasteiger partial charge in [-0.15, -0.1) is 0 Å². The molecule has 11 heteroatoms. The van der Waals surface area contributed by atoms with Gasteiger partial charge in [0.1, 0.15) is 5.78 Å². The van der Waals surface area contributed by atoms with E-state index in [1.165, 1.54) is 24.5 Å². The van der Waals surface area contributed by atoms with Gasteiger partial charge in [0.2, 0.25) is 0 Å². The highest BCUT2D eigenvalue weighted by atomic mass is 35.5. The highest BCUT2D eigenvalue weighted by Crippen LogP contribution is 2.33. The van der Waals surface area contributed by atoms with Gasteiger partial charge < -0.3 is 5.32 Å². The normalized spacial score (nSPS) is 16.5. The second-order valence-electron chi connectivity index (χ2n) is 8.55. The molecular formula is C24H21ClFN5O3S. The van der Waals surface area contributed by atoms with Crippen molar-refractivity contribution in [1.29, 1.82) is 0 Å². The standard InChI is InChI=1S/C24H21ClFN5O3S/c1-14-5-7-18(8-6-14)35(33,34)31-13-20(19-9-15(25)11-28-24(19)31)22-27-12-21(26)23(30-22)29-16-3-2-4-17(32)10-16/h5-9,11-13,16H,2-4,10H2,1H3,(H,27,29,30). The third-order valence-corrected chi connectivity index (χ3v) is 7.84. The fourth-order valence-electron chi connectivity index (χ4n) is 4.18. The molecule has 0 saturated heterocycles. The van der Waals surface area contributed by atoms with E-state index in [9.17, 15) is 17.6 Å². The van der Waals surface area contributed by atoms with Crippen molar-refractivity contribution in [3.05, 3.63) is 65.3 Å². The van der Waals surface area contributed by atoms with Crippen LogP contribution in [0.4, 0.5) is 10.2 Å². The molecule has 0 amide bonds. The highest BCUT2D eigenvalue weighted by Gasteiger charge is 2.25. The van der Waals surface area contributed by atoms with E-state index in [2.05, 4.69) is 20.3 Å². The predicted octanol–water partition coefficient (Wildman–Crippen LogP) is 4.75. The Bertz CT molecular complexity index is 1550. The molecule has 1 fully saturated rings. The van der Waals surface area contributed by atoms with Gasteiger partial charge in [0.05, 0.1) is 16.1 Å². The lowest BCUT2D eigenvalue weighted by Gasteiger charge is -2.22. The molecule has 1 aliphatic rings. The summed E-state index contributed by atoms with van der Waals surface area (Å²) in [4.78, 5) is 24.6. The molecule has 1 aromatic carbocycles. The molecule has 1 unspecified atom stereocenters. The fraction of sp³-hybridized carbons (Fsp3) is 0.250. The molecule has 0 radical (unpaired) electrons. The number of carbonyl (C=O) groups is 1. The highest BCUT2D eigenvalue weighted by molar-refractivity contribution is 7.90. The van der Waals surface area contributed by atoms with Crippen LogP contribution in [0, 0.1) is 12.7 Å². The van der Waals surface area contributed by atoms with Crippen LogP contribution in [0.1, 0.15) is 31.2 Å². The Hall–Kier alpha value is -3.37. The summed E-state index contributed by atoms with van der Waals surface area (Å²) in [5.41, 5.74) is 1.39. The Morgan fingerprint density at radius 1 is 1.17 bits per heavy atom. The summed E-state index contributed by atoms with van der Waals surface area (Å²) in [6.45, 7) is 1.86. The van der Waals surface area contributed by atoms with Crippen molar-refractivity contribution in [3.8, 4) is 11.4 Å². The molecule has 0 spiro atoms. The molecule has 180 valence electrons. The van der Waals surface area contributed by atoms with Crippen LogP contribution in [0.2, 0.25) is 5.02 Å². The van der Waals surface area contributed by atoms with Gasteiger partial charge in [-0.3, -0.25) is 4.79 Å². The summed E-state index contributed by atoms with van der Waals surface area (Å²) in [6.07, 6.45) is 6.01. The number of halogens is 2. The minimum atomic E-state index is -4.00. The summed E-state index contributed by atoms with van der Waals surface area (Å²) in [5, 5.41) is 3.70. The maximum atomic E-state index is 14.6. The van der Waals surface area contributed by atoms with E-state index in [-0.39, 0.29) is 34.0 Å². The Morgan fingerprint density at radius 2 is 1.94 bits per heavy atom. The number of rotatable bonds is 5. The number of benzene rings is 1. The van der Waals surface area contributed by atoms with E-state index >= 15 is 0 Å². The number of carbonyl (C=O) groups excluding carboxylic acids is 1. The quantitative estimate of drug-likeness (QED) is 0.410. The van der Waals surface area contributed by atoms with Crippen LogP contribution in [0.25, 0.3) is 22.4 Å². The molecule has 1 N–H and O–H groups in total. The maximum absolute atomic E-state index is 14.6. The summed E-state index contributed by atoms with van der Waals surface area (Å²) in [5.74, 6) is -0.498. The zero-order valence-corrected chi connectivity index (χ0v) is 20.3. The number of hydrogen-bond donors (Lipinski definition) is 1. The maximum Gasteiger partial charge on any atom is 0.269 e. The van der Waals surface area contributed by atoms with Crippen molar-refractivity contribution in [3.63, 3.8) is 0 Å². The number of aromatic nitrogens is 4. The number of fused-ring (bicyclic) bond motifs is 1. The first-order valence-corrected chi connectivity index (χ1v) is 12.8. The molecule has 0 bridgehead atoms. The molecule has 5 rings (SSSR count). The second kappa shape index (κ2) is 9.01. The number of nitrogens with zero attached hydrogens (tertiary/aromatic N) is 4. The van der Waals surface area contributed by atoms with E-state index in [0.717, 1.165) is 28.6 Å². The van der Waals surface area contributed by atoms with E-state index in [0.29, 0.717) is 28.8 Å². The Labute approximate surface area is 206 Å². The van der Waals surface area contributed by atoms with Gasteiger partial charge in [-0.2, -0.15) is 0 Å². The lowest BCUT2D eigenvalue weighted by molar-refractivity contribution is -0.120. The molecule has 3 heterocycles. The zero-order chi connectivity index (χ0) is 24.7. The summed E-state index contributed by atoms with van der Waals surface area (Å²) in [6, 6.07) is 7.80. The Kier molecular flexibility index (Phi) is 6.02. The smallest absolute Gasteiger partial charge is 0.269 e. The Morgan fingerprint density at radius 3 is 2.69 bits per heavy atom. The molecule has 1 saturated carbocycles. The first-order chi connectivity index (χ1) is 16.7. The van der Waals surface area contributed by atoms with Crippen molar-refractivity contribution in [2.75, 3.05) is 5.32 Å². The fourth-order valence-corrected chi connectivity index (χ4v) is 5.66. The minimum Gasteiger partial charge on any atom is -0.364 e. The van der Waals surface area contributed by atoms with Gasteiger partial charge >= 0.3 is 0 Å². The van der Waals surface area contributed by atoms with Crippen LogP contribution < -0.4 is 5.32 Å². The summed E-state index contributed by atoms with van der Waals surface area (Å²) in [7, 11) is -4.00. The van der Waals surface area contributed by atoms with Crippen molar-refractivity contribution in [2.45, 2.75) is 43.5 Å². The number of anilines is 1. The number of aryl methyl sites for hydroxylation is 1. The third kappa shape index (κ3) is 4.51. The molecule has 0 aliphatic heterocycles. The number of ketones is 1. The van der Waals surface area contributed by atoms with Gasteiger partial charge in [-0.05, 0) is 38.0 Å². The lowest BCUT2D eigenvalue weighted by atomic mass is 9.94. The van der Waals surface area contributed by atoms with Crippen LogP contribution in [-0.4, -0.2) is 39.2 Å². The van der Waals surface area contributed by atoms with E-state index in [4.69, 9.17) is 11.6 Å². The lowest BCUT2D eigenvalue weighted by Crippen LogP contribution is -2.28. The largest absolute Gasteiger partial charge is 0.364 e. The van der Waals surface area contributed by atoms with Crippen LogP contribution >= 0.6 is 11.6 Å². The van der Waals surface area contributed by atoms with E-state index < -0.39 is 15.8 Å². The first kappa shape index (κ1) is 23.4. The van der Waals surface area contributed by atoms with Crippen LogP contribution in [-0.2, 0) is 14.8 Å². The molecule has 3 aromatic heterocycles. The summed E-state index contributed by atoms with van der Waals surface area (Å²) < 4.78 is 42.5. The number of hydrogen-bond acceptors (Lipinski definition) is 7. The van der Waals surface area contributed by atoms with Crippen molar-refractivity contribution >= 4 is 44.3 Å². The number of pyridine rings is 1. The Balaban J connectivity index is 1.62. The van der Waals surface area contributed by atoms with Gasteiger partial charge in [0, 0.05) is 42.2 Å². The molecule has 4 aromatic rings. The van der Waals surface area contributed by atoms with Crippen molar-refractivity contribution in [1.82, 2.24) is 18.9 Å². The summed E-state index contributed by atoms with van der Waals surface area (Å²) >= 11 is 6.17. The van der Waals surface area contributed by atoms with E-state index in [1.807, 2.05) is 6.92 Å². The van der Waals surface area contributed by atoms with Gasteiger partial charge in [-0.1, -0.05) is 29.3 Å². The topological polar surface area (TPSA) is 107 Å². The number of nitrogens with one attached hydrogen (secondary N) is 1. The van der Waals surface area contributed by atoms with Gasteiger partial charge in [0.25, 0.3) is 10.0 Å². The van der Waals surface area contributed by atoms with Crippen LogP contribution in [0.5, 0.6) is 0 Å². The van der Waals surface area contributed by atoms with Gasteiger partial charge in [-0.25, -0.2) is 31.7 Å². The van der Waals surface area contributed by atoms with Crippen LogP contribution in [0.15, 0.2) is 53.8 Å². The predicted molar refractivity (Wildman–Crippen MR) is 130 cm³/mol. The zero-order valence-electron chi connectivity index (χ0n) is 18.7. The second-order valence-corrected chi connectivity index (χ2v) is 10.8. The molecule has 35 heavy (non-hydrogen) atoms. The molecule has 1 atom stereocenters. The number of Topliss-reactive ketones (excluding diaryl/α,β-unsaturated/α-hetero) is 1. The monoisotopic (exact) mass is 513 g/mol. The third-order valence-electron chi connectivity index (χ3n) is 5.96. The SMILES string of the molecule is Cc1ccc(S(=O)(=O)n2cc(-c3ncc(F)c(NC4CCCC(=O)C4)n3)c3cc(Cl)cnc32)cc1. The first-order valence-electron chi connectivity index (χ1n) is 11.0. The molecular weight excluding hydrogens is 493 g/mol. The van der Waals surface area contributed by atoms with Crippen molar-refractivity contribution < 1.29 is 17.6 Å².